The molecule has 0 radical (unpaired) electrons. The van der Waals surface area contributed by atoms with E-state index in [-0.39, 0.29) is 24.2 Å². The fraction of sp³-hybridized carbons (Fsp3) is 0.400. The molecule has 0 saturated heterocycles. The van der Waals surface area contributed by atoms with Gasteiger partial charge in [-0.15, -0.1) is 25.6 Å². The topological polar surface area (TPSA) is 35.2 Å². The number of rotatable bonds is 3. The summed E-state index contributed by atoms with van der Waals surface area (Å²) in [4.78, 5) is 0. The van der Waals surface area contributed by atoms with E-state index in [0.29, 0.717) is 16.5 Å². The number of nitrogens with two attached hydrogens (primary N) is 1. The second kappa shape index (κ2) is 6.47. The maximum Gasteiger partial charge on any atom is 0.573 e. The van der Waals surface area contributed by atoms with Gasteiger partial charge in [-0.1, -0.05) is 22.9 Å². The Bertz CT molecular complexity index is 373. The average Bonchev–Trinajstić information content (AvgIpc) is 2.12. The minimum Gasteiger partial charge on any atom is -0.406 e. The van der Waals surface area contributed by atoms with Crippen molar-refractivity contribution in [2.75, 3.05) is 0 Å². The highest BCUT2D eigenvalue weighted by atomic mass is 79.9. The Morgan fingerprint density at radius 1 is 1.35 bits per heavy atom. The number of ether oxygens (including phenoxy) is 1. The van der Waals surface area contributed by atoms with Crippen LogP contribution in [0.3, 0.4) is 0 Å². The van der Waals surface area contributed by atoms with Crippen LogP contribution in [0, 0.1) is 0 Å². The third kappa shape index (κ3) is 5.61. The number of hydrogen-bond acceptors (Lipinski definition) is 2. The van der Waals surface area contributed by atoms with E-state index in [0.717, 1.165) is 0 Å². The molecule has 0 unspecified atom stereocenters. The van der Waals surface area contributed by atoms with Gasteiger partial charge in [0.2, 0.25) is 0 Å². The van der Waals surface area contributed by atoms with E-state index in [1.165, 1.54) is 12.1 Å². The van der Waals surface area contributed by atoms with Crippen LogP contribution in [0.2, 0.25) is 0 Å². The molecule has 1 aromatic carbocycles. The Kier molecular flexibility index (Phi) is 6.29. The van der Waals surface area contributed by atoms with E-state index < -0.39 is 6.36 Å². The summed E-state index contributed by atoms with van der Waals surface area (Å²) in [6.07, 6.45) is -4.05. The first-order valence-electron chi connectivity index (χ1n) is 4.63. The maximum atomic E-state index is 12.0. The van der Waals surface area contributed by atoms with E-state index >= 15 is 0 Å². The molecule has 0 saturated carbocycles. The number of hydrogen-bond donors (Lipinski definition) is 1. The van der Waals surface area contributed by atoms with Crippen LogP contribution in [-0.4, -0.2) is 6.36 Å². The van der Waals surface area contributed by atoms with Crippen molar-refractivity contribution in [3.05, 3.63) is 28.2 Å². The Balaban J connectivity index is 0.00000256. The van der Waals surface area contributed by atoms with E-state index in [9.17, 15) is 13.2 Å². The van der Waals surface area contributed by atoms with Crippen LogP contribution in [0.25, 0.3) is 0 Å². The van der Waals surface area contributed by atoms with Gasteiger partial charge in [0.05, 0.1) is 0 Å². The van der Waals surface area contributed by atoms with Crippen molar-refractivity contribution in [3.8, 4) is 5.75 Å². The van der Waals surface area contributed by atoms with Crippen LogP contribution in [0.1, 0.15) is 24.9 Å². The predicted molar refractivity (Wildman–Crippen MR) is 65.3 cm³/mol. The van der Waals surface area contributed by atoms with Gasteiger partial charge in [-0.05, 0) is 30.2 Å². The van der Waals surface area contributed by atoms with Crippen molar-refractivity contribution in [3.63, 3.8) is 0 Å². The lowest BCUT2D eigenvalue weighted by molar-refractivity contribution is -0.274. The summed E-state index contributed by atoms with van der Waals surface area (Å²) in [6.45, 7) is 1.86. The monoisotopic (exact) mass is 333 g/mol. The number of halogens is 5. The molecule has 0 bridgehead atoms. The second-order valence-corrected chi connectivity index (χ2v) is 4.20. The van der Waals surface area contributed by atoms with Crippen LogP contribution < -0.4 is 10.5 Å². The minimum absolute atomic E-state index is 0. The highest BCUT2D eigenvalue weighted by Crippen LogP contribution is 2.29. The van der Waals surface area contributed by atoms with Gasteiger partial charge in [0.1, 0.15) is 5.75 Å². The van der Waals surface area contributed by atoms with Crippen molar-refractivity contribution in [1.29, 1.82) is 0 Å². The van der Waals surface area contributed by atoms with E-state index in [1.54, 1.807) is 6.07 Å². The first-order valence-corrected chi connectivity index (χ1v) is 5.43. The summed E-state index contributed by atoms with van der Waals surface area (Å²) in [7, 11) is 0. The van der Waals surface area contributed by atoms with Crippen LogP contribution in [0.4, 0.5) is 13.2 Å². The fourth-order valence-electron chi connectivity index (χ4n) is 1.23. The van der Waals surface area contributed by atoms with Crippen molar-refractivity contribution < 1.29 is 17.9 Å². The van der Waals surface area contributed by atoms with Gasteiger partial charge in [0.15, 0.2) is 0 Å². The molecule has 1 rings (SSSR count). The van der Waals surface area contributed by atoms with Gasteiger partial charge < -0.3 is 10.5 Å². The molecule has 2 N–H and O–H groups in total. The van der Waals surface area contributed by atoms with Gasteiger partial charge in [0.25, 0.3) is 0 Å². The maximum absolute atomic E-state index is 12.0. The summed E-state index contributed by atoms with van der Waals surface area (Å²) in [5, 5.41) is 0. The average molecular weight is 335 g/mol. The van der Waals surface area contributed by atoms with Crippen LogP contribution in [0.15, 0.2) is 22.7 Å². The lowest BCUT2D eigenvalue weighted by Gasteiger charge is -2.14. The zero-order valence-electron chi connectivity index (χ0n) is 8.92. The van der Waals surface area contributed by atoms with E-state index in [2.05, 4.69) is 20.7 Å². The quantitative estimate of drug-likeness (QED) is 0.900. The Labute approximate surface area is 112 Å². The van der Waals surface area contributed by atoms with Crippen molar-refractivity contribution in [2.24, 2.45) is 5.73 Å². The molecule has 2 nitrogen and oxygen atoms in total. The molecule has 1 atom stereocenters. The minimum atomic E-state index is -4.69. The first kappa shape index (κ1) is 16.5. The molecule has 0 aliphatic rings. The third-order valence-corrected chi connectivity index (χ3v) is 2.45. The molecular formula is C10H12BrClF3NO. The third-order valence-electron chi connectivity index (χ3n) is 2.00. The molecule has 1 aromatic rings. The lowest BCUT2D eigenvalue weighted by Crippen LogP contribution is -2.17. The summed E-state index contributed by atoms with van der Waals surface area (Å²) >= 11 is 3.12. The van der Waals surface area contributed by atoms with Gasteiger partial charge in [-0.25, -0.2) is 0 Å². The van der Waals surface area contributed by atoms with Gasteiger partial charge in [-0.3, -0.25) is 0 Å². The van der Waals surface area contributed by atoms with E-state index in [4.69, 9.17) is 5.73 Å². The smallest absolute Gasteiger partial charge is 0.406 e. The van der Waals surface area contributed by atoms with Crippen molar-refractivity contribution in [2.45, 2.75) is 25.7 Å². The highest BCUT2D eigenvalue weighted by molar-refractivity contribution is 9.10. The predicted octanol–water partition coefficient (Wildman–Crippen LogP) is 4.18. The van der Waals surface area contributed by atoms with Crippen LogP contribution in [-0.2, 0) is 0 Å². The molecule has 0 aliphatic carbocycles. The molecular weight excluding hydrogens is 322 g/mol. The SMILES string of the molecule is CC[C@@H](N)c1cc(Br)cc(OC(F)(F)F)c1.Cl. The van der Waals surface area contributed by atoms with Gasteiger partial charge >= 0.3 is 6.36 Å². The summed E-state index contributed by atoms with van der Waals surface area (Å²) in [6, 6.07) is 3.93. The van der Waals surface area contributed by atoms with Gasteiger partial charge in [-0.2, -0.15) is 0 Å². The Morgan fingerprint density at radius 2 is 1.94 bits per heavy atom. The summed E-state index contributed by atoms with van der Waals surface area (Å²) in [5.74, 6) is -0.263. The summed E-state index contributed by atoms with van der Waals surface area (Å²) in [5.41, 5.74) is 6.35. The molecule has 17 heavy (non-hydrogen) atoms. The molecule has 98 valence electrons. The largest absolute Gasteiger partial charge is 0.573 e. The molecule has 0 aromatic heterocycles. The molecule has 0 amide bonds. The fourth-order valence-corrected chi connectivity index (χ4v) is 1.72. The number of benzene rings is 1. The Morgan fingerprint density at radius 3 is 2.41 bits per heavy atom. The van der Waals surface area contributed by atoms with Crippen molar-refractivity contribution >= 4 is 28.3 Å². The molecule has 0 spiro atoms. The normalized spacial score (nSPS) is 12.8. The zero-order valence-corrected chi connectivity index (χ0v) is 11.3. The molecule has 7 heteroatoms. The van der Waals surface area contributed by atoms with Crippen LogP contribution >= 0.6 is 28.3 Å². The Hall–Kier alpha value is -0.460. The first-order chi connectivity index (χ1) is 7.31. The molecule has 0 heterocycles. The van der Waals surface area contributed by atoms with Gasteiger partial charge in [0, 0.05) is 10.5 Å². The number of alkyl halides is 3. The highest BCUT2D eigenvalue weighted by Gasteiger charge is 2.31. The standard InChI is InChI=1S/C10H11BrF3NO.ClH/c1-2-9(15)6-3-7(11)5-8(4-6)16-10(12,13)14;/h3-5,9H,2,15H2,1H3;1H/t9-;/m1./s1. The van der Waals surface area contributed by atoms with Crippen LogP contribution in [0.5, 0.6) is 5.75 Å². The second-order valence-electron chi connectivity index (χ2n) is 3.28. The van der Waals surface area contributed by atoms with E-state index in [1.807, 2.05) is 6.92 Å². The molecule has 0 aliphatic heterocycles. The zero-order chi connectivity index (χ0) is 12.3. The van der Waals surface area contributed by atoms with Crippen molar-refractivity contribution in [1.82, 2.24) is 0 Å². The molecule has 0 fully saturated rings. The summed E-state index contributed by atoms with van der Waals surface area (Å²) < 4.78 is 40.4. The lowest BCUT2D eigenvalue weighted by atomic mass is 10.1.